The molecule has 1 aromatic rings. The lowest BCUT2D eigenvalue weighted by molar-refractivity contribution is -0.141. The maximum Gasteiger partial charge on any atom is 0.327 e. The summed E-state index contributed by atoms with van der Waals surface area (Å²) in [5, 5.41) is 16.3. The molecular formula is C21H31N5O6S2. The van der Waals surface area contributed by atoms with Crippen LogP contribution in [0.1, 0.15) is 18.4 Å². The van der Waals surface area contributed by atoms with Gasteiger partial charge in [0.1, 0.15) is 18.1 Å². The summed E-state index contributed by atoms with van der Waals surface area (Å²) < 4.78 is 0. The molecule has 8 N–H and O–H groups in total. The van der Waals surface area contributed by atoms with Gasteiger partial charge in [-0.2, -0.15) is 24.4 Å². The van der Waals surface area contributed by atoms with Gasteiger partial charge >= 0.3 is 5.97 Å². The van der Waals surface area contributed by atoms with E-state index >= 15 is 0 Å². The first-order valence-corrected chi connectivity index (χ1v) is 12.4. The number of thioether (sulfide) groups is 1. The Labute approximate surface area is 207 Å². The molecule has 0 aliphatic carbocycles. The molecular weight excluding hydrogens is 482 g/mol. The summed E-state index contributed by atoms with van der Waals surface area (Å²) in [7, 11) is 0. The van der Waals surface area contributed by atoms with Gasteiger partial charge in [0.2, 0.25) is 23.6 Å². The van der Waals surface area contributed by atoms with Crippen molar-refractivity contribution in [1.82, 2.24) is 16.0 Å². The van der Waals surface area contributed by atoms with E-state index in [2.05, 4.69) is 28.6 Å². The van der Waals surface area contributed by atoms with Crippen molar-refractivity contribution in [1.29, 1.82) is 0 Å². The van der Waals surface area contributed by atoms with Gasteiger partial charge in [-0.3, -0.25) is 19.2 Å². The molecule has 0 aliphatic heterocycles. The molecule has 0 saturated heterocycles. The summed E-state index contributed by atoms with van der Waals surface area (Å²) in [5.74, 6) is -3.99. The Morgan fingerprint density at radius 3 is 2.06 bits per heavy atom. The average Bonchev–Trinajstić information content (AvgIpc) is 2.79. The van der Waals surface area contributed by atoms with Crippen LogP contribution in [0.5, 0.6) is 0 Å². The predicted octanol–water partition coefficient (Wildman–Crippen LogP) is -1.35. The van der Waals surface area contributed by atoms with E-state index in [1.807, 2.05) is 6.26 Å². The number of nitrogens with one attached hydrogen (secondary N) is 3. The van der Waals surface area contributed by atoms with Crippen LogP contribution in [-0.4, -0.2) is 76.6 Å². The molecule has 4 atom stereocenters. The van der Waals surface area contributed by atoms with Gasteiger partial charge in [0, 0.05) is 12.2 Å². The van der Waals surface area contributed by atoms with Crippen LogP contribution in [0.3, 0.4) is 0 Å². The molecule has 1 rings (SSSR count). The zero-order valence-electron chi connectivity index (χ0n) is 18.7. The monoisotopic (exact) mass is 513 g/mol. The molecule has 0 bridgehead atoms. The Hall–Kier alpha value is -2.77. The maximum atomic E-state index is 13.1. The summed E-state index contributed by atoms with van der Waals surface area (Å²) in [6.45, 7) is 0. The van der Waals surface area contributed by atoms with Gasteiger partial charge < -0.3 is 32.5 Å². The molecule has 11 nitrogen and oxygen atoms in total. The lowest BCUT2D eigenvalue weighted by Gasteiger charge is -2.24. The molecule has 4 unspecified atom stereocenters. The van der Waals surface area contributed by atoms with Gasteiger partial charge in [-0.15, -0.1) is 0 Å². The number of benzene rings is 1. The van der Waals surface area contributed by atoms with E-state index < -0.39 is 60.2 Å². The standard InChI is InChI=1S/C21H31N5O6S2/c1-34-8-7-13(22)18(28)24-14(9-12-5-3-2-4-6-12)19(29)25-15(10-17(23)27)20(30)26-16(11-33)21(31)32/h2-6,13-16,33H,7-11,22H2,1H3,(H2,23,27)(H,24,28)(H,25,29)(H,26,30)(H,31,32). The van der Waals surface area contributed by atoms with Crippen molar-refractivity contribution in [2.45, 2.75) is 43.4 Å². The Morgan fingerprint density at radius 1 is 0.971 bits per heavy atom. The largest absolute Gasteiger partial charge is 0.480 e. The Kier molecular flexibility index (Phi) is 13.1. The number of nitrogens with two attached hydrogens (primary N) is 2. The zero-order valence-corrected chi connectivity index (χ0v) is 20.4. The normalized spacial score (nSPS) is 14.2. The van der Waals surface area contributed by atoms with Crippen LogP contribution >= 0.6 is 24.4 Å². The summed E-state index contributed by atoms with van der Waals surface area (Å²) >= 11 is 5.40. The van der Waals surface area contributed by atoms with Crippen molar-refractivity contribution in [2.75, 3.05) is 17.8 Å². The van der Waals surface area contributed by atoms with Crippen LogP contribution < -0.4 is 27.4 Å². The van der Waals surface area contributed by atoms with E-state index in [0.29, 0.717) is 12.2 Å². The van der Waals surface area contributed by atoms with Crippen LogP contribution in [0.4, 0.5) is 0 Å². The van der Waals surface area contributed by atoms with Gasteiger partial charge in [-0.05, 0) is 24.0 Å². The number of amides is 4. The predicted molar refractivity (Wildman–Crippen MR) is 132 cm³/mol. The smallest absolute Gasteiger partial charge is 0.327 e. The SMILES string of the molecule is CSCCC(N)C(=O)NC(Cc1ccccc1)C(=O)NC(CC(N)=O)C(=O)NC(CS)C(=O)O. The highest BCUT2D eigenvalue weighted by molar-refractivity contribution is 7.98. The molecule has 0 fully saturated rings. The average molecular weight is 514 g/mol. The Bertz CT molecular complexity index is 857. The summed E-state index contributed by atoms with van der Waals surface area (Å²) in [6, 6.07) is 4.11. The Balaban J connectivity index is 3.06. The second-order valence-corrected chi connectivity index (χ2v) is 8.80. The molecule has 0 aliphatic rings. The number of aliphatic carboxylic acids is 1. The fraction of sp³-hybridized carbons (Fsp3) is 0.476. The molecule has 1 aromatic carbocycles. The van der Waals surface area contributed by atoms with Gasteiger partial charge in [0.15, 0.2) is 0 Å². The minimum Gasteiger partial charge on any atom is -0.480 e. The Morgan fingerprint density at radius 2 is 1.53 bits per heavy atom. The first kappa shape index (κ1) is 29.3. The fourth-order valence-corrected chi connectivity index (χ4v) is 3.59. The number of thiol groups is 1. The molecule has 13 heteroatoms. The number of hydrogen-bond donors (Lipinski definition) is 7. The highest BCUT2D eigenvalue weighted by Crippen LogP contribution is 2.06. The quantitative estimate of drug-likeness (QED) is 0.140. The molecule has 4 amide bonds. The van der Waals surface area contributed by atoms with E-state index in [4.69, 9.17) is 16.6 Å². The molecule has 0 aromatic heterocycles. The number of primary amides is 1. The van der Waals surface area contributed by atoms with Crippen LogP contribution in [0.15, 0.2) is 30.3 Å². The molecule has 188 valence electrons. The topological polar surface area (TPSA) is 194 Å². The third-order valence-electron chi connectivity index (χ3n) is 4.72. The van der Waals surface area contributed by atoms with Gasteiger partial charge in [0.25, 0.3) is 0 Å². The molecule has 0 heterocycles. The van der Waals surface area contributed by atoms with Crippen molar-refractivity contribution >= 4 is 54.0 Å². The minimum atomic E-state index is -1.45. The van der Waals surface area contributed by atoms with Gasteiger partial charge in [-0.1, -0.05) is 30.3 Å². The maximum absolute atomic E-state index is 13.1. The second-order valence-electron chi connectivity index (χ2n) is 7.45. The number of rotatable bonds is 15. The van der Waals surface area contributed by atoms with Crippen LogP contribution in [0.25, 0.3) is 0 Å². The number of carboxylic acids is 1. The molecule has 0 saturated carbocycles. The first-order valence-electron chi connectivity index (χ1n) is 10.4. The van der Waals surface area contributed by atoms with Crippen LogP contribution in [0, 0.1) is 0 Å². The molecule has 0 spiro atoms. The van der Waals surface area contributed by atoms with Crippen molar-refractivity contribution in [3.8, 4) is 0 Å². The highest BCUT2D eigenvalue weighted by atomic mass is 32.2. The molecule has 0 radical (unpaired) electrons. The van der Waals surface area contributed by atoms with Crippen molar-refractivity contribution in [2.24, 2.45) is 11.5 Å². The number of carbonyl (C=O) groups excluding carboxylic acids is 4. The summed E-state index contributed by atoms with van der Waals surface area (Å²) in [4.78, 5) is 60.9. The van der Waals surface area contributed by atoms with Crippen molar-refractivity contribution < 1.29 is 29.1 Å². The van der Waals surface area contributed by atoms with E-state index in [1.165, 1.54) is 11.8 Å². The van der Waals surface area contributed by atoms with Crippen LogP contribution in [-0.2, 0) is 30.4 Å². The molecule has 34 heavy (non-hydrogen) atoms. The van der Waals surface area contributed by atoms with Crippen molar-refractivity contribution in [3.63, 3.8) is 0 Å². The van der Waals surface area contributed by atoms with E-state index in [-0.39, 0.29) is 12.2 Å². The number of hydrogen-bond acceptors (Lipinski definition) is 8. The number of carboxylic acid groups (broad SMARTS) is 1. The zero-order chi connectivity index (χ0) is 25.7. The number of carbonyl (C=O) groups is 5. The highest BCUT2D eigenvalue weighted by Gasteiger charge is 2.31. The van der Waals surface area contributed by atoms with Gasteiger partial charge in [0.05, 0.1) is 12.5 Å². The second kappa shape index (κ2) is 15.2. The third kappa shape index (κ3) is 10.4. The van der Waals surface area contributed by atoms with Crippen LogP contribution in [0.2, 0.25) is 0 Å². The first-order chi connectivity index (χ1) is 16.1. The van der Waals surface area contributed by atoms with Crippen molar-refractivity contribution in [3.05, 3.63) is 35.9 Å². The lowest BCUT2D eigenvalue weighted by Crippen LogP contribution is -2.58. The van der Waals surface area contributed by atoms with E-state index in [9.17, 15) is 24.0 Å². The minimum absolute atomic E-state index is 0.0902. The lowest BCUT2D eigenvalue weighted by atomic mass is 10.0. The van der Waals surface area contributed by atoms with Gasteiger partial charge in [-0.25, -0.2) is 4.79 Å². The van der Waals surface area contributed by atoms with E-state index in [0.717, 1.165) is 5.56 Å². The van der Waals surface area contributed by atoms with E-state index in [1.54, 1.807) is 30.3 Å². The fourth-order valence-electron chi connectivity index (χ4n) is 2.85. The summed E-state index contributed by atoms with van der Waals surface area (Å²) in [5.41, 5.74) is 11.9. The summed E-state index contributed by atoms with van der Waals surface area (Å²) in [6.07, 6.45) is 1.80. The third-order valence-corrected chi connectivity index (χ3v) is 5.73.